The number of benzene rings is 3. The number of hydrogen-bond acceptors (Lipinski definition) is 4. The second-order valence-electron chi connectivity index (χ2n) is 6.80. The molecule has 0 aliphatic heterocycles. The number of rotatable bonds is 8. The Morgan fingerprint density at radius 2 is 1.70 bits per heavy atom. The van der Waals surface area contributed by atoms with Gasteiger partial charge in [0, 0.05) is 12.2 Å². The number of anilines is 1. The maximum absolute atomic E-state index is 12.5. The highest BCUT2D eigenvalue weighted by Crippen LogP contribution is 2.28. The van der Waals surface area contributed by atoms with Crippen LogP contribution in [0.3, 0.4) is 0 Å². The number of hydrogen-bond donors (Lipinski definition) is 2. The van der Waals surface area contributed by atoms with Crippen LogP contribution in [0, 0.1) is 6.92 Å². The van der Waals surface area contributed by atoms with Gasteiger partial charge < -0.3 is 20.5 Å². The van der Waals surface area contributed by atoms with Crippen molar-refractivity contribution in [2.75, 3.05) is 25.6 Å². The van der Waals surface area contributed by atoms with Crippen LogP contribution in [0.5, 0.6) is 11.5 Å². The van der Waals surface area contributed by atoms with Gasteiger partial charge in [-0.15, -0.1) is 12.4 Å². The van der Waals surface area contributed by atoms with Gasteiger partial charge in [0.15, 0.2) is 11.5 Å². The van der Waals surface area contributed by atoms with E-state index in [9.17, 15) is 4.79 Å². The lowest BCUT2D eigenvalue weighted by molar-refractivity contribution is -0.115. The van der Waals surface area contributed by atoms with E-state index < -0.39 is 0 Å². The third kappa shape index (κ3) is 6.24. The van der Waals surface area contributed by atoms with Gasteiger partial charge in [0.05, 0.1) is 13.5 Å². The van der Waals surface area contributed by atoms with Gasteiger partial charge >= 0.3 is 0 Å². The lowest BCUT2D eigenvalue weighted by Gasteiger charge is -2.12. The van der Waals surface area contributed by atoms with Gasteiger partial charge in [-0.2, -0.15) is 0 Å². The first-order chi connectivity index (χ1) is 14.1. The lowest BCUT2D eigenvalue weighted by atomic mass is 10.0. The molecule has 30 heavy (non-hydrogen) atoms. The van der Waals surface area contributed by atoms with Gasteiger partial charge in [0.1, 0.15) is 6.61 Å². The van der Waals surface area contributed by atoms with Gasteiger partial charge in [-0.05, 0) is 47.9 Å². The van der Waals surface area contributed by atoms with Crippen molar-refractivity contribution in [1.82, 2.24) is 0 Å². The summed E-state index contributed by atoms with van der Waals surface area (Å²) in [5.41, 5.74) is 10.5. The largest absolute Gasteiger partial charge is 0.493 e. The summed E-state index contributed by atoms with van der Waals surface area (Å²) in [6, 6.07) is 21.6. The number of carbonyl (C=O) groups is 1. The molecule has 6 heteroatoms. The highest BCUT2D eigenvalue weighted by atomic mass is 35.5. The van der Waals surface area contributed by atoms with E-state index in [1.165, 1.54) is 5.56 Å². The summed E-state index contributed by atoms with van der Waals surface area (Å²) in [5.74, 6) is 1.11. The molecule has 158 valence electrons. The number of methoxy groups -OCH3 is 1. The molecule has 0 aliphatic carbocycles. The average molecular weight is 427 g/mol. The number of nitrogens with one attached hydrogen (secondary N) is 1. The van der Waals surface area contributed by atoms with Crippen LogP contribution >= 0.6 is 12.4 Å². The van der Waals surface area contributed by atoms with E-state index in [1.54, 1.807) is 13.2 Å². The van der Waals surface area contributed by atoms with E-state index in [1.807, 2.05) is 42.5 Å². The monoisotopic (exact) mass is 426 g/mol. The van der Waals surface area contributed by atoms with Crippen molar-refractivity contribution in [2.24, 2.45) is 5.73 Å². The Morgan fingerprint density at radius 1 is 0.967 bits per heavy atom. The van der Waals surface area contributed by atoms with Crippen molar-refractivity contribution in [1.29, 1.82) is 0 Å². The number of aryl methyl sites for hydroxylation is 1. The zero-order valence-corrected chi connectivity index (χ0v) is 18.0. The molecule has 0 radical (unpaired) electrons. The Hall–Kier alpha value is -3.02. The van der Waals surface area contributed by atoms with Crippen LogP contribution in [-0.2, 0) is 11.2 Å². The zero-order chi connectivity index (χ0) is 20.6. The van der Waals surface area contributed by atoms with Crippen LogP contribution in [0.4, 0.5) is 5.69 Å². The summed E-state index contributed by atoms with van der Waals surface area (Å²) in [7, 11) is 1.57. The summed E-state index contributed by atoms with van der Waals surface area (Å²) in [6.45, 7) is 2.90. The van der Waals surface area contributed by atoms with Crippen LogP contribution in [0.25, 0.3) is 11.1 Å². The quantitative estimate of drug-likeness (QED) is 0.551. The highest BCUT2D eigenvalue weighted by molar-refractivity contribution is 5.93. The van der Waals surface area contributed by atoms with Crippen LogP contribution in [0.15, 0.2) is 66.7 Å². The minimum absolute atomic E-state index is 0. The Morgan fingerprint density at radius 3 is 2.40 bits per heavy atom. The molecule has 0 aliphatic rings. The van der Waals surface area contributed by atoms with Crippen molar-refractivity contribution < 1.29 is 14.3 Å². The van der Waals surface area contributed by atoms with Crippen LogP contribution in [0.2, 0.25) is 0 Å². The summed E-state index contributed by atoms with van der Waals surface area (Å²) < 4.78 is 10.9. The molecule has 3 N–H and O–H groups in total. The van der Waals surface area contributed by atoms with Gasteiger partial charge in [-0.1, -0.05) is 48.0 Å². The molecule has 0 saturated heterocycles. The van der Waals surface area contributed by atoms with Crippen LogP contribution in [-0.4, -0.2) is 26.2 Å². The van der Waals surface area contributed by atoms with E-state index in [0.29, 0.717) is 24.7 Å². The van der Waals surface area contributed by atoms with E-state index in [-0.39, 0.29) is 24.7 Å². The van der Waals surface area contributed by atoms with E-state index in [0.717, 1.165) is 22.4 Å². The fraction of sp³-hybridized carbons (Fsp3) is 0.208. The molecular formula is C24H27ClN2O3. The van der Waals surface area contributed by atoms with Crippen molar-refractivity contribution >= 4 is 24.0 Å². The zero-order valence-electron chi connectivity index (χ0n) is 17.2. The molecule has 1 amide bonds. The summed E-state index contributed by atoms with van der Waals surface area (Å²) in [5, 5.41) is 2.97. The predicted octanol–water partition coefficient (Wildman–Crippen LogP) is 4.61. The minimum atomic E-state index is -0.0935. The Balaban J connectivity index is 0.00000320. The van der Waals surface area contributed by atoms with Crippen molar-refractivity contribution in [2.45, 2.75) is 13.3 Å². The third-order valence-electron chi connectivity index (χ3n) is 4.47. The molecule has 0 bridgehead atoms. The van der Waals surface area contributed by atoms with Gasteiger partial charge in [0.25, 0.3) is 0 Å². The molecule has 0 aromatic heterocycles. The topological polar surface area (TPSA) is 73.6 Å². The summed E-state index contributed by atoms with van der Waals surface area (Å²) in [4.78, 5) is 12.5. The normalized spacial score (nSPS) is 10.1. The van der Waals surface area contributed by atoms with E-state index in [2.05, 4.69) is 30.4 Å². The number of ether oxygens (including phenoxy) is 2. The third-order valence-corrected chi connectivity index (χ3v) is 4.47. The Bertz CT molecular complexity index is 992. The molecule has 0 atom stereocenters. The maximum atomic E-state index is 12.5. The second-order valence-corrected chi connectivity index (χ2v) is 6.80. The van der Waals surface area contributed by atoms with Gasteiger partial charge in [-0.25, -0.2) is 0 Å². The van der Waals surface area contributed by atoms with Gasteiger partial charge in [-0.3, -0.25) is 4.79 Å². The smallest absolute Gasteiger partial charge is 0.228 e. The van der Waals surface area contributed by atoms with E-state index >= 15 is 0 Å². The van der Waals surface area contributed by atoms with E-state index in [4.69, 9.17) is 15.2 Å². The fourth-order valence-electron chi connectivity index (χ4n) is 3.10. The highest BCUT2D eigenvalue weighted by Gasteiger charge is 2.10. The first kappa shape index (κ1) is 23.3. The molecule has 3 aromatic rings. The summed E-state index contributed by atoms with van der Waals surface area (Å²) in [6.07, 6.45) is 0.238. The number of carbonyl (C=O) groups excluding carboxylic acids is 1. The molecule has 0 heterocycles. The number of nitrogens with two attached hydrogens (primary N) is 1. The second kappa shape index (κ2) is 11.2. The van der Waals surface area contributed by atoms with Gasteiger partial charge in [0.2, 0.25) is 5.91 Å². The molecule has 5 nitrogen and oxygen atoms in total. The minimum Gasteiger partial charge on any atom is -0.493 e. The molecular weight excluding hydrogens is 400 g/mol. The molecule has 0 spiro atoms. The molecule has 3 aromatic carbocycles. The summed E-state index contributed by atoms with van der Waals surface area (Å²) >= 11 is 0. The van der Waals surface area contributed by atoms with Crippen molar-refractivity contribution in [3.63, 3.8) is 0 Å². The Kier molecular flexibility index (Phi) is 8.71. The average Bonchev–Trinajstić information content (AvgIpc) is 2.72. The van der Waals surface area contributed by atoms with Crippen molar-refractivity contribution in [3.05, 3.63) is 77.9 Å². The number of amides is 1. The SMILES string of the molecule is COc1cc(CC(=O)Nc2cccc(-c3cccc(C)c3)c2)ccc1OCCN.Cl. The molecule has 3 rings (SSSR count). The fourth-order valence-corrected chi connectivity index (χ4v) is 3.10. The molecule has 0 unspecified atom stereocenters. The standard InChI is InChI=1S/C24H26N2O3.ClH/c1-17-5-3-6-19(13-17)20-7-4-8-21(16-20)26-24(27)15-18-9-10-22(29-12-11-25)23(14-18)28-2;/h3-10,13-14,16H,11-12,15,25H2,1-2H3,(H,26,27);1H. The van der Waals surface area contributed by atoms with Crippen LogP contribution < -0.4 is 20.5 Å². The molecule has 0 saturated carbocycles. The predicted molar refractivity (Wildman–Crippen MR) is 124 cm³/mol. The number of halogens is 1. The van der Waals surface area contributed by atoms with Crippen molar-refractivity contribution in [3.8, 4) is 22.6 Å². The van der Waals surface area contributed by atoms with Crippen LogP contribution in [0.1, 0.15) is 11.1 Å². The molecule has 0 fully saturated rings. The maximum Gasteiger partial charge on any atom is 0.228 e. The lowest BCUT2D eigenvalue weighted by Crippen LogP contribution is -2.14. The Labute approximate surface area is 183 Å². The first-order valence-corrected chi connectivity index (χ1v) is 9.56. The first-order valence-electron chi connectivity index (χ1n) is 9.56.